The van der Waals surface area contributed by atoms with E-state index in [1.807, 2.05) is 77.8 Å². The molecule has 8 heteroatoms. The monoisotopic (exact) mass is 513 g/mol. The van der Waals surface area contributed by atoms with Gasteiger partial charge in [-0.1, -0.05) is 59.6 Å². The highest BCUT2D eigenvalue weighted by molar-refractivity contribution is 6.31. The summed E-state index contributed by atoms with van der Waals surface area (Å²) in [6, 6.07) is 26.8. The largest absolute Gasteiger partial charge is 0.272 e. The lowest BCUT2D eigenvalue weighted by atomic mass is 9.98. The average Bonchev–Trinajstić information content (AvgIpc) is 3.36. The molecule has 178 valence electrons. The normalized spacial score (nSPS) is 15.2. The zero-order valence-corrected chi connectivity index (χ0v) is 20.6. The molecule has 0 fully saturated rings. The van der Waals surface area contributed by atoms with Crippen molar-refractivity contribution in [3.63, 3.8) is 0 Å². The minimum absolute atomic E-state index is 0.0197. The molecule has 0 bridgehead atoms. The molecule has 1 N–H and O–H groups in total. The number of carbonyl (C=O) groups is 1. The second-order valence-corrected chi connectivity index (χ2v) is 9.07. The van der Waals surface area contributed by atoms with Crippen LogP contribution < -0.4 is 10.4 Å². The highest BCUT2D eigenvalue weighted by atomic mass is 35.5. The maximum atomic E-state index is 12.1. The zero-order chi connectivity index (χ0) is 24.9. The number of hydrogen-bond donors (Lipinski definition) is 1. The predicted octanol–water partition coefficient (Wildman–Crippen LogP) is 6.51. The molecule has 2 heterocycles. The third kappa shape index (κ3) is 5.46. The summed E-state index contributed by atoms with van der Waals surface area (Å²) in [4.78, 5) is 16.1. The van der Waals surface area contributed by atoms with Crippen LogP contribution in [0.2, 0.25) is 10.0 Å². The van der Waals surface area contributed by atoms with E-state index >= 15 is 0 Å². The molecule has 0 radical (unpaired) electrons. The zero-order valence-electron chi connectivity index (χ0n) is 19.1. The van der Waals surface area contributed by atoms with Crippen molar-refractivity contribution in [2.24, 2.45) is 10.2 Å². The van der Waals surface area contributed by atoms with E-state index in [1.54, 1.807) is 24.5 Å². The standard InChI is InChI=1S/C28H21Cl2N5O/c29-23-9-5-20(6-10-23)26-16-27(21-7-11-24(30)12-8-21)35(34-26)25-13-3-19(4-14-25)17-32-33-28(36)22-2-1-15-31-18-22/h1-15,17-18,27H,16H2,(H,33,36)/b32-17-/t27-/m0/s1. The molecule has 36 heavy (non-hydrogen) atoms. The van der Waals surface area contributed by atoms with Crippen LogP contribution in [0.5, 0.6) is 0 Å². The summed E-state index contributed by atoms with van der Waals surface area (Å²) in [5, 5.41) is 12.4. The van der Waals surface area contributed by atoms with Crippen molar-refractivity contribution in [1.82, 2.24) is 10.4 Å². The number of hydrazone groups is 2. The molecule has 1 aliphatic heterocycles. The van der Waals surface area contributed by atoms with Gasteiger partial charge in [0.15, 0.2) is 0 Å². The number of amides is 1. The molecule has 0 aliphatic carbocycles. The van der Waals surface area contributed by atoms with Crippen molar-refractivity contribution in [3.8, 4) is 0 Å². The molecule has 6 nitrogen and oxygen atoms in total. The predicted molar refractivity (Wildman–Crippen MR) is 145 cm³/mol. The van der Waals surface area contributed by atoms with E-state index in [4.69, 9.17) is 28.3 Å². The molecule has 3 aromatic carbocycles. The molecule has 0 saturated heterocycles. The number of nitrogens with one attached hydrogen (secondary N) is 1. The molecule has 1 aromatic heterocycles. The maximum absolute atomic E-state index is 12.1. The van der Waals surface area contributed by atoms with Gasteiger partial charge in [-0.05, 0) is 65.2 Å². The number of pyridine rings is 1. The van der Waals surface area contributed by atoms with Crippen LogP contribution >= 0.6 is 23.2 Å². The third-order valence-electron chi connectivity index (χ3n) is 5.80. The Kier molecular flexibility index (Phi) is 7.07. The molecule has 4 aromatic rings. The summed E-state index contributed by atoms with van der Waals surface area (Å²) >= 11 is 12.2. The molecule has 1 amide bonds. The van der Waals surface area contributed by atoms with Gasteiger partial charge >= 0.3 is 0 Å². The van der Waals surface area contributed by atoms with Crippen molar-refractivity contribution < 1.29 is 4.79 Å². The first kappa shape index (κ1) is 23.7. The van der Waals surface area contributed by atoms with Crippen LogP contribution in [0.3, 0.4) is 0 Å². The van der Waals surface area contributed by atoms with Gasteiger partial charge in [0.1, 0.15) is 0 Å². The van der Waals surface area contributed by atoms with Gasteiger partial charge < -0.3 is 0 Å². The number of halogens is 2. The molecular weight excluding hydrogens is 493 g/mol. The summed E-state index contributed by atoms with van der Waals surface area (Å²) < 4.78 is 0. The SMILES string of the molecule is O=C(N/N=C\c1ccc(N2N=C(c3ccc(Cl)cc3)C[C@H]2c2ccc(Cl)cc2)cc1)c1cccnc1. The first-order valence-electron chi connectivity index (χ1n) is 11.3. The highest BCUT2D eigenvalue weighted by Crippen LogP contribution is 2.37. The van der Waals surface area contributed by atoms with Gasteiger partial charge in [-0.2, -0.15) is 10.2 Å². The molecule has 5 rings (SSSR count). The quantitative estimate of drug-likeness (QED) is 0.236. The van der Waals surface area contributed by atoms with Gasteiger partial charge in [0.05, 0.1) is 29.2 Å². The van der Waals surface area contributed by atoms with Crippen molar-refractivity contribution in [3.05, 3.63) is 130 Å². The van der Waals surface area contributed by atoms with Crippen LogP contribution in [0.1, 0.15) is 39.5 Å². The van der Waals surface area contributed by atoms with E-state index in [2.05, 4.69) is 15.5 Å². The number of benzene rings is 3. The number of rotatable bonds is 6. The molecule has 1 aliphatic rings. The lowest BCUT2D eigenvalue weighted by Crippen LogP contribution is -2.18. The Balaban J connectivity index is 1.36. The topological polar surface area (TPSA) is 70.0 Å². The smallest absolute Gasteiger partial charge is 0.267 e. The lowest BCUT2D eigenvalue weighted by Gasteiger charge is -2.24. The third-order valence-corrected chi connectivity index (χ3v) is 6.31. The molecule has 1 atom stereocenters. The van der Waals surface area contributed by atoms with Crippen molar-refractivity contribution >= 4 is 46.7 Å². The summed E-state index contributed by atoms with van der Waals surface area (Å²) in [5.41, 5.74) is 7.88. The molecule has 0 saturated carbocycles. The van der Waals surface area contributed by atoms with Crippen LogP contribution in [0.15, 0.2) is 108 Å². The van der Waals surface area contributed by atoms with E-state index in [0.717, 1.165) is 34.5 Å². The van der Waals surface area contributed by atoms with E-state index < -0.39 is 0 Å². The van der Waals surface area contributed by atoms with Crippen molar-refractivity contribution in [2.45, 2.75) is 12.5 Å². The van der Waals surface area contributed by atoms with Gasteiger partial charge in [-0.3, -0.25) is 14.8 Å². The Labute approximate surface area is 218 Å². The number of nitrogens with zero attached hydrogens (tertiary/aromatic N) is 4. The molecule has 0 unspecified atom stereocenters. The lowest BCUT2D eigenvalue weighted by molar-refractivity contribution is 0.0955. The van der Waals surface area contributed by atoms with Gasteiger partial charge in [0.25, 0.3) is 5.91 Å². The minimum atomic E-state index is -0.317. The van der Waals surface area contributed by atoms with Crippen molar-refractivity contribution in [1.29, 1.82) is 0 Å². The Morgan fingerprint density at radius 3 is 2.31 bits per heavy atom. The summed E-state index contributed by atoms with van der Waals surface area (Å²) in [5.74, 6) is -0.317. The Morgan fingerprint density at radius 2 is 1.64 bits per heavy atom. The van der Waals surface area contributed by atoms with Crippen LogP contribution in [0.25, 0.3) is 0 Å². The second-order valence-electron chi connectivity index (χ2n) is 8.20. The Hall–Kier alpha value is -4.00. The molecule has 0 spiro atoms. The molecular formula is C28H21Cl2N5O. The summed E-state index contributed by atoms with van der Waals surface area (Å²) in [6.07, 6.45) is 5.45. The van der Waals surface area contributed by atoms with E-state index in [0.29, 0.717) is 15.6 Å². The first-order chi connectivity index (χ1) is 17.6. The van der Waals surface area contributed by atoms with Crippen LogP contribution in [0.4, 0.5) is 5.69 Å². The van der Waals surface area contributed by atoms with Gasteiger partial charge in [-0.15, -0.1) is 0 Å². The minimum Gasteiger partial charge on any atom is -0.267 e. The highest BCUT2D eigenvalue weighted by Gasteiger charge is 2.29. The van der Waals surface area contributed by atoms with Crippen molar-refractivity contribution in [2.75, 3.05) is 5.01 Å². The van der Waals surface area contributed by atoms with E-state index in [9.17, 15) is 4.79 Å². The number of aromatic nitrogens is 1. The van der Waals surface area contributed by atoms with Gasteiger partial charge in [0.2, 0.25) is 0 Å². The number of anilines is 1. The number of hydrogen-bond acceptors (Lipinski definition) is 5. The fourth-order valence-electron chi connectivity index (χ4n) is 3.95. The van der Waals surface area contributed by atoms with Crippen LogP contribution in [-0.4, -0.2) is 22.8 Å². The Bertz CT molecular complexity index is 1400. The fraction of sp³-hybridized carbons (Fsp3) is 0.0714. The Morgan fingerprint density at radius 1 is 0.944 bits per heavy atom. The van der Waals surface area contributed by atoms with Crippen LogP contribution in [-0.2, 0) is 0 Å². The number of carbonyl (C=O) groups excluding carboxylic acids is 1. The van der Waals surface area contributed by atoms with Crippen LogP contribution in [0, 0.1) is 0 Å². The van der Waals surface area contributed by atoms with Gasteiger partial charge in [0, 0.05) is 28.9 Å². The van der Waals surface area contributed by atoms with Gasteiger partial charge in [-0.25, -0.2) is 5.43 Å². The summed E-state index contributed by atoms with van der Waals surface area (Å²) in [7, 11) is 0. The first-order valence-corrected chi connectivity index (χ1v) is 12.0. The average molecular weight is 514 g/mol. The fourth-order valence-corrected chi connectivity index (χ4v) is 4.20. The summed E-state index contributed by atoms with van der Waals surface area (Å²) in [6.45, 7) is 0. The van der Waals surface area contributed by atoms with E-state index in [1.165, 1.54) is 6.20 Å². The maximum Gasteiger partial charge on any atom is 0.272 e. The van der Waals surface area contributed by atoms with E-state index in [-0.39, 0.29) is 11.9 Å². The second kappa shape index (κ2) is 10.7.